The quantitative estimate of drug-likeness (QED) is 0.504. The van der Waals surface area contributed by atoms with Crippen molar-refractivity contribution in [2.75, 3.05) is 6.54 Å². The van der Waals surface area contributed by atoms with Crippen molar-refractivity contribution in [2.45, 2.75) is 0 Å². The van der Waals surface area contributed by atoms with Crippen molar-refractivity contribution >= 4 is 23.6 Å². The van der Waals surface area contributed by atoms with Gasteiger partial charge in [0.05, 0.1) is 0 Å². The third kappa shape index (κ3) is 4.13. The Balaban J connectivity index is 2.91. The maximum Gasteiger partial charge on any atom is 0.262 e. The number of benzene rings is 1. The third-order valence-corrected chi connectivity index (χ3v) is 2.17. The zero-order valence-corrected chi connectivity index (χ0v) is 9.87. The van der Waals surface area contributed by atoms with Gasteiger partial charge in [-0.3, -0.25) is 4.79 Å². The van der Waals surface area contributed by atoms with Gasteiger partial charge in [0.15, 0.2) is 0 Å². The van der Waals surface area contributed by atoms with Gasteiger partial charge in [0.2, 0.25) is 0 Å². The molecule has 0 spiro atoms. The molecule has 0 saturated heterocycles. The maximum absolute atomic E-state index is 11.5. The van der Waals surface area contributed by atoms with Crippen molar-refractivity contribution in [3.63, 3.8) is 0 Å². The molecule has 17 heavy (non-hydrogen) atoms. The highest BCUT2D eigenvalue weighted by molar-refractivity contribution is 6.30. The number of hydrogen-bond acceptors (Lipinski definition) is 2. The minimum Gasteiger partial charge on any atom is -0.348 e. The van der Waals surface area contributed by atoms with E-state index < -0.39 is 5.91 Å². The second-order valence-corrected chi connectivity index (χ2v) is 3.66. The van der Waals surface area contributed by atoms with Crippen molar-refractivity contribution < 1.29 is 4.79 Å². The van der Waals surface area contributed by atoms with Crippen LogP contribution in [0.5, 0.6) is 0 Å². The molecular weight excluding hydrogens is 236 g/mol. The number of halogens is 1. The summed E-state index contributed by atoms with van der Waals surface area (Å²) in [5.74, 6) is -0.424. The first kappa shape index (κ1) is 13.0. The van der Waals surface area contributed by atoms with Gasteiger partial charge in [0.25, 0.3) is 5.91 Å². The molecule has 0 atom stereocenters. The van der Waals surface area contributed by atoms with E-state index in [0.717, 1.165) is 0 Å². The Hall–Kier alpha value is -2.05. The molecule has 3 nitrogen and oxygen atoms in total. The van der Waals surface area contributed by atoms with Gasteiger partial charge in [-0.15, -0.1) is 6.58 Å². The molecule has 1 amide bonds. The summed E-state index contributed by atoms with van der Waals surface area (Å²) in [6.45, 7) is 3.81. The molecule has 0 aliphatic rings. The molecule has 0 bridgehead atoms. The Morgan fingerprint density at radius 3 is 2.94 bits per heavy atom. The molecule has 0 radical (unpaired) electrons. The summed E-state index contributed by atoms with van der Waals surface area (Å²) in [4.78, 5) is 11.5. The van der Waals surface area contributed by atoms with Crippen LogP contribution in [-0.4, -0.2) is 12.5 Å². The summed E-state index contributed by atoms with van der Waals surface area (Å²) in [6, 6.07) is 8.78. The second kappa shape index (κ2) is 6.51. The molecular formula is C13H11ClN2O. The molecule has 0 fully saturated rings. The normalized spacial score (nSPS) is 10.5. The SMILES string of the molecule is C=CCNC(=O)/C(C#N)=C\c1cccc(Cl)c1. The number of carbonyl (C=O) groups is 1. The standard InChI is InChI=1S/C13H11ClN2O/c1-2-6-16-13(17)11(9-15)7-10-4-3-5-12(14)8-10/h2-5,7-8H,1,6H2,(H,16,17)/b11-7-. The van der Waals surface area contributed by atoms with Gasteiger partial charge in [-0.2, -0.15) is 5.26 Å². The topological polar surface area (TPSA) is 52.9 Å². The summed E-state index contributed by atoms with van der Waals surface area (Å²) in [5, 5.41) is 12.0. The van der Waals surface area contributed by atoms with Crippen LogP contribution in [0.2, 0.25) is 5.02 Å². The van der Waals surface area contributed by atoms with Gasteiger partial charge in [0.1, 0.15) is 11.6 Å². The number of carbonyl (C=O) groups excluding carboxylic acids is 1. The van der Waals surface area contributed by atoms with Crippen LogP contribution in [-0.2, 0) is 4.79 Å². The molecule has 1 N–H and O–H groups in total. The second-order valence-electron chi connectivity index (χ2n) is 3.22. The van der Waals surface area contributed by atoms with Crippen LogP contribution in [0.3, 0.4) is 0 Å². The van der Waals surface area contributed by atoms with E-state index in [-0.39, 0.29) is 5.57 Å². The predicted octanol–water partition coefficient (Wildman–Crippen LogP) is 2.55. The minimum absolute atomic E-state index is 0.0362. The number of nitriles is 1. The Morgan fingerprint density at radius 2 is 2.35 bits per heavy atom. The fraction of sp³-hybridized carbons (Fsp3) is 0.0769. The average Bonchev–Trinajstić information content (AvgIpc) is 2.33. The van der Waals surface area contributed by atoms with Crippen LogP contribution in [0, 0.1) is 11.3 Å². The van der Waals surface area contributed by atoms with Crippen molar-refractivity contribution in [3.05, 3.63) is 53.1 Å². The largest absolute Gasteiger partial charge is 0.348 e. The summed E-state index contributed by atoms with van der Waals surface area (Å²) in [5.41, 5.74) is 0.747. The number of hydrogen-bond donors (Lipinski definition) is 1. The van der Waals surface area contributed by atoms with Crippen molar-refractivity contribution in [2.24, 2.45) is 0 Å². The lowest BCUT2D eigenvalue weighted by Gasteiger charge is -2.00. The molecule has 0 aromatic heterocycles. The highest BCUT2D eigenvalue weighted by atomic mass is 35.5. The van der Waals surface area contributed by atoms with E-state index in [1.165, 1.54) is 6.08 Å². The number of rotatable bonds is 4. The number of nitrogens with one attached hydrogen (secondary N) is 1. The molecule has 1 aromatic rings. The van der Waals surface area contributed by atoms with Crippen molar-refractivity contribution in [1.82, 2.24) is 5.32 Å². The fourth-order valence-corrected chi connectivity index (χ4v) is 1.37. The van der Waals surface area contributed by atoms with E-state index >= 15 is 0 Å². The van der Waals surface area contributed by atoms with Crippen LogP contribution in [0.1, 0.15) is 5.56 Å². The monoisotopic (exact) mass is 246 g/mol. The lowest BCUT2D eigenvalue weighted by atomic mass is 10.1. The predicted molar refractivity (Wildman–Crippen MR) is 68.2 cm³/mol. The van der Waals surface area contributed by atoms with E-state index in [1.54, 1.807) is 30.3 Å². The van der Waals surface area contributed by atoms with Gasteiger partial charge in [0, 0.05) is 11.6 Å². The smallest absolute Gasteiger partial charge is 0.262 e. The van der Waals surface area contributed by atoms with Gasteiger partial charge < -0.3 is 5.32 Å². The highest BCUT2D eigenvalue weighted by Gasteiger charge is 2.07. The third-order valence-electron chi connectivity index (χ3n) is 1.93. The van der Waals surface area contributed by atoms with Gasteiger partial charge in [-0.1, -0.05) is 29.8 Å². The van der Waals surface area contributed by atoms with Gasteiger partial charge >= 0.3 is 0 Å². The molecule has 1 rings (SSSR count). The number of nitrogens with zero attached hydrogens (tertiary/aromatic N) is 1. The summed E-state index contributed by atoms with van der Waals surface area (Å²) in [6.07, 6.45) is 3.04. The van der Waals surface area contributed by atoms with E-state index in [4.69, 9.17) is 16.9 Å². The van der Waals surface area contributed by atoms with Crippen molar-refractivity contribution in [3.8, 4) is 6.07 Å². The average molecular weight is 247 g/mol. The van der Waals surface area contributed by atoms with E-state index in [0.29, 0.717) is 17.1 Å². The summed E-state index contributed by atoms with van der Waals surface area (Å²) in [7, 11) is 0. The van der Waals surface area contributed by atoms with E-state index in [9.17, 15) is 4.79 Å². The van der Waals surface area contributed by atoms with Crippen molar-refractivity contribution in [1.29, 1.82) is 5.26 Å². The molecule has 0 heterocycles. The molecule has 86 valence electrons. The lowest BCUT2D eigenvalue weighted by Crippen LogP contribution is -2.24. The first-order valence-electron chi connectivity index (χ1n) is 4.94. The Kier molecular flexibility index (Phi) is 4.99. The molecule has 0 saturated carbocycles. The molecule has 0 unspecified atom stereocenters. The Morgan fingerprint density at radius 1 is 1.59 bits per heavy atom. The molecule has 1 aromatic carbocycles. The zero-order chi connectivity index (χ0) is 12.7. The zero-order valence-electron chi connectivity index (χ0n) is 9.11. The highest BCUT2D eigenvalue weighted by Crippen LogP contribution is 2.13. The van der Waals surface area contributed by atoms with Crippen LogP contribution in [0.15, 0.2) is 42.5 Å². The summed E-state index contributed by atoms with van der Waals surface area (Å²) >= 11 is 5.81. The maximum atomic E-state index is 11.5. The Labute approximate surface area is 105 Å². The minimum atomic E-state index is -0.424. The van der Waals surface area contributed by atoms with Crippen LogP contribution in [0.4, 0.5) is 0 Å². The van der Waals surface area contributed by atoms with Crippen LogP contribution < -0.4 is 5.32 Å². The fourth-order valence-electron chi connectivity index (χ4n) is 1.17. The summed E-state index contributed by atoms with van der Waals surface area (Å²) < 4.78 is 0. The Bertz CT molecular complexity index is 500. The molecule has 0 aliphatic carbocycles. The van der Waals surface area contributed by atoms with E-state index in [1.807, 2.05) is 6.07 Å². The van der Waals surface area contributed by atoms with Gasteiger partial charge in [-0.05, 0) is 23.8 Å². The van der Waals surface area contributed by atoms with Gasteiger partial charge in [-0.25, -0.2) is 0 Å². The van der Waals surface area contributed by atoms with Crippen LogP contribution in [0.25, 0.3) is 6.08 Å². The first-order valence-corrected chi connectivity index (χ1v) is 5.31. The molecule has 4 heteroatoms. The number of amides is 1. The molecule has 0 aliphatic heterocycles. The first-order chi connectivity index (χ1) is 8.17. The lowest BCUT2D eigenvalue weighted by molar-refractivity contribution is -0.116. The van der Waals surface area contributed by atoms with E-state index in [2.05, 4.69) is 11.9 Å². The van der Waals surface area contributed by atoms with Crippen LogP contribution >= 0.6 is 11.6 Å².